The first kappa shape index (κ1) is 24.9. The molecule has 34 heavy (non-hydrogen) atoms. The second-order valence-corrected chi connectivity index (χ2v) is 11.4. The van der Waals surface area contributed by atoms with Crippen LogP contribution in [0.25, 0.3) is 0 Å². The van der Waals surface area contributed by atoms with Gasteiger partial charge in [-0.15, -0.1) is 0 Å². The topological polar surface area (TPSA) is 74.8 Å². The van der Waals surface area contributed by atoms with E-state index in [-0.39, 0.29) is 27.9 Å². The Kier molecular flexibility index (Phi) is 7.48. The van der Waals surface area contributed by atoms with E-state index in [4.69, 9.17) is 23.2 Å². The molecule has 0 N–H and O–H groups in total. The average molecular weight is 521 g/mol. The van der Waals surface area contributed by atoms with Gasteiger partial charge in [-0.2, -0.15) is 4.31 Å². The molecule has 180 valence electrons. The summed E-state index contributed by atoms with van der Waals surface area (Å²) in [5.74, 6) is -0.999. The SMILES string of the molecule is Cc1ccc(N2C(=O)CC(N(CCC3=CCCCC3)S(=O)(=O)c3cc(Cl)ccc3Cl)C2=O)cc1. The number of halogens is 2. The van der Waals surface area contributed by atoms with E-state index >= 15 is 0 Å². The number of carbonyl (C=O) groups is 2. The zero-order chi connectivity index (χ0) is 24.5. The molecule has 1 saturated heterocycles. The summed E-state index contributed by atoms with van der Waals surface area (Å²) in [4.78, 5) is 27.3. The molecule has 0 radical (unpaired) electrons. The number of imide groups is 1. The molecule has 4 rings (SSSR count). The van der Waals surface area contributed by atoms with Crippen LogP contribution in [-0.4, -0.2) is 37.1 Å². The Morgan fingerprint density at radius 2 is 1.79 bits per heavy atom. The van der Waals surface area contributed by atoms with Gasteiger partial charge in [0, 0.05) is 11.6 Å². The molecular weight excluding hydrogens is 495 g/mol. The van der Waals surface area contributed by atoms with Gasteiger partial charge in [0.05, 0.1) is 17.1 Å². The Morgan fingerprint density at radius 1 is 1.06 bits per heavy atom. The molecule has 1 unspecified atom stereocenters. The number of rotatable bonds is 7. The molecule has 0 bridgehead atoms. The normalized spacial score (nSPS) is 19.1. The Bertz CT molecular complexity index is 1240. The zero-order valence-electron chi connectivity index (χ0n) is 18.8. The Labute approximate surface area is 210 Å². The number of hydrogen-bond donors (Lipinski definition) is 0. The highest BCUT2D eigenvalue weighted by Gasteiger charge is 2.47. The van der Waals surface area contributed by atoms with Crippen molar-refractivity contribution in [3.63, 3.8) is 0 Å². The quantitative estimate of drug-likeness (QED) is 0.356. The summed E-state index contributed by atoms with van der Waals surface area (Å²) in [5.41, 5.74) is 2.58. The number of nitrogens with zero attached hydrogens (tertiary/aromatic N) is 2. The second kappa shape index (κ2) is 10.2. The third-order valence-electron chi connectivity index (χ3n) is 6.28. The highest BCUT2D eigenvalue weighted by Crippen LogP contribution is 2.34. The first-order valence-electron chi connectivity index (χ1n) is 11.3. The van der Waals surface area contributed by atoms with Crippen LogP contribution >= 0.6 is 23.2 Å². The van der Waals surface area contributed by atoms with Crippen molar-refractivity contribution >= 4 is 50.7 Å². The molecule has 0 aromatic heterocycles. The van der Waals surface area contributed by atoms with Crippen molar-refractivity contribution in [2.24, 2.45) is 0 Å². The van der Waals surface area contributed by atoms with Gasteiger partial charge in [0.25, 0.3) is 5.91 Å². The molecule has 0 saturated carbocycles. The number of carbonyl (C=O) groups excluding carboxylic acids is 2. The molecule has 1 aliphatic heterocycles. The van der Waals surface area contributed by atoms with Crippen LogP contribution in [0.2, 0.25) is 10.0 Å². The summed E-state index contributed by atoms with van der Waals surface area (Å²) < 4.78 is 28.7. The maximum Gasteiger partial charge on any atom is 0.252 e. The standard InChI is InChI=1S/C25H26Cl2N2O4S/c1-17-7-10-20(11-8-17)29-24(30)16-22(25(29)31)28(14-13-18-5-3-2-4-6-18)34(32,33)23-15-19(26)9-12-21(23)27/h5,7-12,15,22H,2-4,6,13-14,16H2,1H3. The average Bonchev–Trinajstić information content (AvgIpc) is 3.10. The Hall–Kier alpha value is -2.19. The van der Waals surface area contributed by atoms with Crippen LogP contribution in [0.3, 0.4) is 0 Å². The van der Waals surface area contributed by atoms with E-state index in [9.17, 15) is 18.0 Å². The van der Waals surface area contributed by atoms with Gasteiger partial charge < -0.3 is 0 Å². The zero-order valence-corrected chi connectivity index (χ0v) is 21.2. The van der Waals surface area contributed by atoms with E-state index in [2.05, 4.69) is 6.08 Å². The van der Waals surface area contributed by atoms with Crippen LogP contribution in [0, 0.1) is 6.92 Å². The molecule has 0 spiro atoms. The van der Waals surface area contributed by atoms with E-state index < -0.39 is 27.9 Å². The third kappa shape index (κ3) is 5.08. The highest BCUT2D eigenvalue weighted by molar-refractivity contribution is 7.89. The van der Waals surface area contributed by atoms with Crippen molar-refractivity contribution in [1.82, 2.24) is 4.31 Å². The van der Waals surface area contributed by atoms with E-state index in [1.165, 1.54) is 18.2 Å². The van der Waals surface area contributed by atoms with Crippen molar-refractivity contribution in [2.45, 2.75) is 56.4 Å². The number of hydrogen-bond acceptors (Lipinski definition) is 4. The fourth-order valence-corrected chi connectivity index (χ4v) is 6.76. The molecule has 1 fully saturated rings. The summed E-state index contributed by atoms with van der Waals surface area (Å²) in [5, 5.41) is 0.228. The Balaban J connectivity index is 1.71. The second-order valence-electron chi connectivity index (χ2n) is 8.67. The van der Waals surface area contributed by atoms with Crippen LogP contribution in [0.5, 0.6) is 0 Å². The van der Waals surface area contributed by atoms with Gasteiger partial charge in [-0.1, -0.05) is 52.5 Å². The van der Waals surface area contributed by atoms with E-state index in [1.54, 1.807) is 24.3 Å². The fourth-order valence-electron chi connectivity index (χ4n) is 4.44. The van der Waals surface area contributed by atoms with Crippen LogP contribution in [-0.2, 0) is 19.6 Å². The van der Waals surface area contributed by atoms with Gasteiger partial charge in [-0.05, 0) is 69.4 Å². The lowest BCUT2D eigenvalue weighted by Gasteiger charge is -2.28. The number of anilines is 1. The summed E-state index contributed by atoms with van der Waals surface area (Å²) in [7, 11) is -4.22. The third-order valence-corrected chi connectivity index (χ3v) is 8.91. The molecule has 2 amide bonds. The largest absolute Gasteiger partial charge is 0.274 e. The van der Waals surface area contributed by atoms with Crippen LogP contribution < -0.4 is 4.90 Å². The van der Waals surface area contributed by atoms with Crippen LogP contribution in [0.4, 0.5) is 5.69 Å². The molecule has 2 aliphatic rings. The summed E-state index contributed by atoms with van der Waals surface area (Å²) in [6.07, 6.45) is 6.43. The molecule has 2 aromatic rings. The Morgan fingerprint density at radius 3 is 2.47 bits per heavy atom. The van der Waals surface area contributed by atoms with Gasteiger partial charge in [-0.25, -0.2) is 13.3 Å². The van der Waals surface area contributed by atoms with E-state index in [0.717, 1.165) is 46.0 Å². The maximum absolute atomic E-state index is 13.8. The fraction of sp³-hybridized carbons (Fsp3) is 0.360. The smallest absolute Gasteiger partial charge is 0.252 e. The van der Waals surface area contributed by atoms with Gasteiger partial charge >= 0.3 is 0 Å². The summed E-state index contributed by atoms with van der Waals surface area (Å²) in [6.45, 7) is 1.98. The van der Waals surface area contributed by atoms with Crippen LogP contribution in [0.1, 0.15) is 44.1 Å². The molecule has 1 aliphatic carbocycles. The predicted octanol–water partition coefficient (Wildman–Crippen LogP) is 5.52. The van der Waals surface area contributed by atoms with Gasteiger partial charge in [0.15, 0.2) is 0 Å². The van der Waals surface area contributed by atoms with E-state index in [0.29, 0.717) is 12.1 Å². The summed E-state index contributed by atoms with van der Waals surface area (Å²) in [6, 6.07) is 10.0. The van der Waals surface area contributed by atoms with Gasteiger partial charge in [-0.3, -0.25) is 9.59 Å². The molecule has 2 aromatic carbocycles. The molecular formula is C25H26Cl2N2O4S. The van der Waals surface area contributed by atoms with Gasteiger partial charge in [0.1, 0.15) is 10.9 Å². The van der Waals surface area contributed by atoms with Crippen molar-refractivity contribution in [3.05, 3.63) is 69.7 Å². The lowest BCUT2D eigenvalue weighted by atomic mass is 9.97. The van der Waals surface area contributed by atoms with Gasteiger partial charge in [0.2, 0.25) is 15.9 Å². The number of allylic oxidation sites excluding steroid dienone is 1. The molecule has 1 atom stereocenters. The minimum atomic E-state index is -4.22. The number of benzene rings is 2. The first-order valence-corrected chi connectivity index (χ1v) is 13.5. The lowest BCUT2D eigenvalue weighted by Crippen LogP contribution is -2.46. The predicted molar refractivity (Wildman–Crippen MR) is 134 cm³/mol. The summed E-state index contributed by atoms with van der Waals surface area (Å²) >= 11 is 12.3. The van der Waals surface area contributed by atoms with E-state index in [1.807, 2.05) is 6.92 Å². The highest BCUT2D eigenvalue weighted by atomic mass is 35.5. The lowest BCUT2D eigenvalue weighted by molar-refractivity contribution is -0.122. The molecule has 9 heteroatoms. The number of amides is 2. The number of aryl methyl sites for hydroxylation is 1. The van der Waals surface area contributed by atoms with Crippen molar-refractivity contribution in [2.75, 3.05) is 11.4 Å². The van der Waals surface area contributed by atoms with Crippen molar-refractivity contribution in [1.29, 1.82) is 0 Å². The van der Waals surface area contributed by atoms with Crippen molar-refractivity contribution in [3.8, 4) is 0 Å². The monoisotopic (exact) mass is 520 g/mol. The molecule has 6 nitrogen and oxygen atoms in total. The van der Waals surface area contributed by atoms with Crippen LogP contribution in [0.15, 0.2) is 59.0 Å². The molecule has 1 heterocycles. The maximum atomic E-state index is 13.8. The minimum absolute atomic E-state index is 0.0124. The first-order chi connectivity index (χ1) is 16.2. The minimum Gasteiger partial charge on any atom is -0.274 e. The number of sulfonamides is 1. The van der Waals surface area contributed by atoms with Crippen molar-refractivity contribution < 1.29 is 18.0 Å².